The second-order valence-electron chi connectivity index (χ2n) is 14.8. The van der Waals surface area contributed by atoms with Gasteiger partial charge in [0, 0.05) is 24.9 Å². The molecule has 0 aromatic carbocycles. The molecule has 0 radical (unpaired) electrons. The van der Waals surface area contributed by atoms with Gasteiger partial charge in [0.25, 0.3) is 0 Å². The van der Waals surface area contributed by atoms with Crippen LogP contribution in [0.1, 0.15) is 105 Å². The number of fused-ring (bicyclic) bond motifs is 2. The number of hydrogen-bond acceptors (Lipinski definition) is 4. The Morgan fingerprint density at radius 2 is 1.82 bits per heavy atom. The van der Waals surface area contributed by atoms with Crippen molar-refractivity contribution in [2.45, 2.75) is 129 Å². The van der Waals surface area contributed by atoms with Crippen molar-refractivity contribution in [1.29, 1.82) is 0 Å². The van der Waals surface area contributed by atoms with Crippen LogP contribution in [0.3, 0.4) is 0 Å². The summed E-state index contributed by atoms with van der Waals surface area (Å²) in [4.78, 5) is 14.1. The van der Waals surface area contributed by atoms with E-state index in [1.807, 2.05) is 6.92 Å². The van der Waals surface area contributed by atoms with Crippen LogP contribution in [0.15, 0.2) is 0 Å². The minimum atomic E-state index is -0.480. The number of Topliss-reactive ketones (excluding diaryl/α,β-unsaturated/α-hetero) is 1. The summed E-state index contributed by atoms with van der Waals surface area (Å²) in [5.74, 6) is 3.03. The fraction of sp³-hybridized carbons (Fsp3) is 0.967. The molecule has 4 saturated carbocycles. The molecule has 4 aliphatic carbocycles. The highest BCUT2D eigenvalue weighted by Crippen LogP contribution is 2.81. The van der Waals surface area contributed by atoms with E-state index in [4.69, 9.17) is 9.47 Å². The van der Waals surface area contributed by atoms with Crippen molar-refractivity contribution >= 4 is 5.78 Å². The summed E-state index contributed by atoms with van der Waals surface area (Å²) in [6, 6.07) is 1.33. The third-order valence-electron chi connectivity index (χ3n) is 13.5. The molecule has 8 bridgehead atoms. The molecule has 8 rings (SSSR count). The number of carbonyl (C=O) groups excluding carboxylic acids is 1. The van der Waals surface area contributed by atoms with E-state index in [1.54, 1.807) is 0 Å². The molecule has 2 unspecified atom stereocenters. The summed E-state index contributed by atoms with van der Waals surface area (Å²) in [6.45, 7) is 12.3. The normalized spacial score (nSPS) is 59.0. The van der Waals surface area contributed by atoms with Crippen molar-refractivity contribution in [2.75, 3.05) is 6.61 Å². The summed E-state index contributed by atoms with van der Waals surface area (Å²) in [5, 5.41) is 4.39. The molecular weight excluding hydrogens is 422 g/mol. The van der Waals surface area contributed by atoms with Gasteiger partial charge in [-0.2, -0.15) is 0 Å². The highest BCUT2D eigenvalue weighted by atomic mass is 16.7. The van der Waals surface area contributed by atoms with Crippen LogP contribution in [0.25, 0.3) is 0 Å². The monoisotopic (exact) mass is 469 g/mol. The Bertz CT molecular complexity index is 903. The zero-order valence-corrected chi connectivity index (χ0v) is 22.3. The van der Waals surface area contributed by atoms with Crippen molar-refractivity contribution in [3.05, 3.63) is 0 Å². The zero-order chi connectivity index (χ0) is 23.7. The molecule has 4 aliphatic heterocycles. The molecule has 0 aromatic heterocycles. The summed E-state index contributed by atoms with van der Waals surface area (Å²) < 4.78 is 12.4. The Morgan fingerprint density at radius 1 is 1.00 bits per heavy atom. The molecule has 0 amide bonds. The van der Waals surface area contributed by atoms with E-state index in [-0.39, 0.29) is 11.5 Å². The minimum absolute atomic E-state index is 0.0315. The van der Waals surface area contributed by atoms with Crippen LogP contribution in [-0.4, -0.2) is 36.4 Å². The Kier molecular flexibility index (Phi) is 4.61. The van der Waals surface area contributed by atoms with Gasteiger partial charge in [0.1, 0.15) is 5.78 Å². The van der Waals surface area contributed by atoms with Crippen LogP contribution in [0, 0.1) is 45.3 Å². The number of hydrogen-bond donors (Lipinski definition) is 1. The molecule has 0 aromatic rings. The third kappa shape index (κ3) is 2.45. The fourth-order valence-corrected chi connectivity index (χ4v) is 11.8. The topological polar surface area (TPSA) is 47.6 Å². The first kappa shape index (κ1) is 22.7. The van der Waals surface area contributed by atoms with Crippen LogP contribution in [-0.2, 0) is 14.3 Å². The smallest absolute Gasteiger partial charge is 0.166 e. The van der Waals surface area contributed by atoms with Crippen LogP contribution in [0.4, 0.5) is 0 Å². The van der Waals surface area contributed by atoms with Gasteiger partial charge < -0.3 is 14.8 Å². The van der Waals surface area contributed by atoms with E-state index in [9.17, 15) is 4.79 Å². The van der Waals surface area contributed by atoms with Crippen molar-refractivity contribution in [1.82, 2.24) is 5.32 Å². The highest BCUT2D eigenvalue weighted by molar-refractivity contribution is 5.85. The first-order valence-corrected chi connectivity index (χ1v) is 14.7. The summed E-state index contributed by atoms with van der Waals surface area (Å²) >= 11 is 0. The van der Waals surface area contributed by atoms with Crippen molar-refractivity contribution in [3.8, 4) is 0 Å². The number of piperidine rings is 2. The number of rotatable bonds is 5. The molecule has 34 heavy (non-hydrogen) atoms. The molecule has 11 atom stereocenters. The lowest BCUT2D eigenvalue weighted by Crippen LogP contribution is -2.80. The van der Waals surface area contributed by atoms with Crippen LogP contribution in [0.2, 0.25) is 0 Å². The number of nitrogens with one attached hydrogen (secondary N) is 1. The molecule has 4 nitrogen and oxygen atoms in total. The van der Waals surface area contributed by atoms with Gasteiger partial charge in [-0.05, 0) is 105 Å². The highest BCUT2D eigenvalue weighted by Gasteiger charge is 2.79. The average Bonchev–Trinajstić information content (AvgIpc) is 3.48. The van der Waals surface area contributed by atoms with E-state index in [1.165, 1.54) is 44.9 Å². The summed E-state index contributed by atoms with van der Waals surface area (Å²) in [5.41, 5.74) is 0.711. The third-order valence-corrected chi connectivity index (χ3v) is 13.5. The fourth-order valence-electron chi connectivity index (χ4n) is 11.8. The van der Waals surface area contributed by atoms with Gasteiger partial charge >= 0.3 is 0 Å². The van der Waals surface area contributed by atoms with Crippen molar-refractivity contribution < 1.29 is 14.3 Å². The Labute approximate surface area is 206 Å². The lowest BCUT2D eigenvalue weighted by molar-refractivity contribution is -0.283. The SMILES string of the molecule is CC(C)[C@H]1CC[C@@]2(C)[C@@H]3CC[C@]45CCC[C@H]4[C@@]2(CCC(=O)[C@]2(C)CO[C@@]4(C)CC[C@@H]2O4)C1NC35. The van der Waals surface area contributed by atoms with Gasteiger partial charge in [-0.1, -0.05) is 27.2 Å². The molecule has 1 N–H and O–H groups in total. The van der Waals surface area contributed by atoms with Gasteiger partial charge in [0.2, 0.25) is 0 Å². The summed E-state index contributed by atoms with van der Waals surface area (Å²) in [7, 11) is 0. The summed E-state index contributed by atoms with van der Waals surface area (Å²) in [6.07, 6.45) is 13.5. The van der Waals surface area contributed by atoms with Crippen molar-refractivity contribution in [2.24, 2.45) is 45.3 Å². The van der Waals surface area contributed by atoms with E-state index in [2.05, 4.69) is 33.0 Å². The average molecular weight is 470 g/mol. The number of carbonyl (C=O) groups is 1. The Balaban J connectivity index is 1.25. The number of ether oxygens (including phenoxy) is 2. The van der Waals surface area contributed by atoms with Gasteiger partial charge in [0.05, 0.1) is 18.1 Å². The van der Waals surface area contributed by atoms with Gasteiger partial charge in [-0.25, -0.2) is 0 Å². The maximum atomic E-state index is 14.1. The maximum Gasteiger partial charge on any atom is 0.166 e. The molecule has 4 saturated heterocycles. The maximum absolute atomic E-state index is 14.1. The van der Waals surface area contributed by atoms with E-state index in [0.29, 0.717) is 41.6 Å². The van der Waals surface area contributed by atoms with E-state index >= 15 is 0 Å². The van der Waals surface area contributed by atoms with Gasteiger partial charge in [-0.3, -0.25) is 4.79 Å². The standard InChI is InChI=1S/C30H47NO3/c1-18(2)19-8-13-27(4)20-9-15-29-12-6-7-21(29)30(27,24(19)31-25(20)29)16-10-22(32)26(3)17-33-28(5)14-11-23(26)34-28/h18-21,23-25,31H,6-17H2,1-5H3/t19-,20-,21-,23+,24?,25?,26+,27+,28-,29-,30+/m1/s1. The molecule has 8 aliphatic rings. The van der Waals surface area contributed by atoms with Crippen LogP contribution in [0.5, 0.6) is 0 Å². The minimum Gasteiger partial charge on any atom is -0.349 e. The first-order valence-electron chi connectivity index (χ1n) is 14.7. The van der Waals surface area contributed by atoms with Crippen LogP contribution < -0.4 is 5.32 Å². The molecule has 1 spiro atoms. The molecular formula is C30H47NO3. The molecule has 4 heteroatoms. The lowest BCUT2D eigenvalue weighted by atomic mass is 9.33. The Morgan fingerprint density at radius 3 is 2.62 bits per heavy atom. The quantitative estimate of drug-likeness (QED) is 0.546. The second kappa shape index (κ2) is 6.90. The van der Waals surface area contributed by atoms with Crippen LogP contribution >= 0.6 is 0 Å². The van der Waals surface area contributed by atoms with E-state index < -0.39 is 11.2 Å². The zero-order valence-electron chi connectivity index (χ0n) is 22.3. The first-order chi connectivity index (χ1) is 16.1. The van der Waals surface area contributed by atoms with Gasteiger partial charge in [-0.15, -0.1) is 0 Å². The van der Waals surface area contributed by atoms with Crippen molar-refractivity contribution in [3.63, 3.8) is 0 Å². The second-order valence-corrected chi connectivity index (χ2v) is 14.8. The molecule has 190 valence electrons. The largest absolute Gasteiger partial charge is 0.349 e. The lowest BCUT2D eigenvalue weighted by Gasteiger charge is -2.76. The molecule has 8 fully saturated rings. The Hall–Kier alpha value is -0.450. The van der Waals surface area contributed by atoms with E-state index in [0.717, 1.165) is 43.1 Å². The molecule has 4 heterocycles. The predicted molar refractivity (Wildman–Crippen MR) is 132 cm³/mol. The number of ketones is 1. The predicted octanol–water partition coefficient (Wildman–Crippen LogP) is 5.88. The van der Waals surface area contributed by atoms with Gasteiger partial charge in [0.15, 0.2) is 5.79 Å².